The molecule has 0 saturated heterocycles. The van der Waals surface area contributed by atoms with Gasteiger partial charge in [-0.15, -0.1) is 0 Å². The van der Waals surface area contributed by atoms with Gasteiger partial charge in [-0.2, -0.15) is 9.98 Å². The van der Waals surface area contributed by atoms with Gasteiger partial charge in [0.25, 0.3) is 0 Å². The van der Waals surface area contributed by atoms with Crippen LogP contribution in [-0.4, -0.2) is 10.3 Å². The Kier molecular flexibility index (Phi) is 10.8. The second kappa shape index (κ2) is 15.3. The highest BCUT2D eigenvalue weighted by Crippen LogP contribution is 2.31. The minimum atomic E-state index is -0.759. The van der Waals surface area contributed by atoms with E-state index in [-0.39, 0.29) is 5.82 Å². The van der Waals surface area contributed by atoms with Gasteiger partial charge in [0.15, 0.2) is 11.6 Å². The van der Waals surface area contributed by atoms with Crippen molar-refractivity contribution in [3.05, 3.63) is 156 Å². The van der Waals surface area contributed by atoms with Crippen molar-refractivity contribution in [1.29, 1.82) is 0 Å². The molecule has 230 valence electrons. The first-order valence-corrected chi connectivity index (χ1v) is 15.4. The van der Waals surface area contributed by atoms with E-state index in [9.17, 15) is 13.2 Å². The maximum atomic E-state index is 14.5. The fourth-order valence-corrected chi connectivity index (χ4v) is 5.13. The Balaban J connectivity index is 0.000000185. The quantitative estimate of drug-likeness (QED) is 0.132. The zero-order valence-corrected chi connectivity index (χ0v) is 27.1. The molecule has 0 N–H and O–H groups in total. The SMILES string of the molecule is Cc1ccc(-c2ccc(-c3cc(F)c(N=C=S)c(F)c3)cc2)cc1.Cc1ccc(-c2ccc(-c3ccc(N=C=S)cc3)cc2F)cc1. The molecule has 0 aliphatic carbocycles. The van der Waals surface area contributed by atoms with Gasteiger partial charge in [0.05, 0.1) is 16.0 Å². The van der Waals surface area contributed by atoms with Gasteiger partial charge in [0.1, 0.15) is 11.5 Å². The van der Waals surface area contributed by atoms with E-state index < -0.39 is 17.3 Å². The molecule has 6 rings (SSSR count). The summed E-state index contributed by atoms with van der Waals surface area (Å²) in [4.78, 5) is 7.33. The number of nitrogens with zero attached hydrogens (tertiary/aromatic N) is 2. The molecule has 0 aliphatic heterocycles. The Bertz CT molecular complexity index is 2090. The zero-order chi connectivity index (χ0) is 33.3. The van der Waals surface area contributed by atoms with E-state index in [1.54, 1.807) is 6.07 Å². The molecule has 0 unspecified atom stereocenters. The summed E-state index contributed by atoms with van der Waals surface area (Å²) in [7, 11) is 0. The normalized spacial score (nSPS) is 10.2. The summed E-state index contributed by atoms with van der Waals surface area (Å²) in [5.74, 6) is -1.75. The minimum absolute atomic E-state index is 0.229. The zero-order valence-electron chi connectivity index (χ0n) is 25.5. The van der Waals surface area contributed by atoms with Crippen molar-refractivity contribution in [2.24, 2.45) is 9.98 Å². The highest BCUT2D eigenvalue weighted by Gasteiger charge is 2.12. The van der Waals surface area contributed by atoms with E-state index in [4.69, 9.17) is 0 Å². The lowest BCUT2D eigenvalue weighted by atomic mass is 9.99. The molecule has 2 nitrogen and oxygen atoms in total. The smallest absolute Gasteiger partial charge is 0.153 e. The van der Waals surface area contributed by atoms with Crippen molar-refractivity contribution in [3.63, 3.8) is 0 Å². The predicted octanol–water partition coefficient (Wildman–Crippen LogP) is 12.5. The largest absolute Gasteiger partial charge is 0.206 e. The number of aliphatic imine (C=N–C) groups is 2. The van der Waals surface area contributed by atoms with E-state index in [1.165, 1.54) is 17.7 Å². The lowest BCUT2D eigenvalue weighted by Crippen LogP contribution is -1.87. The molecule has 6 aromatic rings. The molecule has 0 saturated carbocycles. The lowest BCUT2D eigenvalue weighted by Gasteiger charge is -2.07. The Hall–Kier alpha value is -5.29. The van der Waals surface area contributed by atoms with Crippen LogP contribution in [-0.2, 0) is 0 Å². The number of benzene rings is 6. The summed E-state index contributed by atoms with van der Waals surface area (Å²) < 4.78 is 42.4. The third-order valence-electron chi connectivity index (χ3n) is 7.48. The number of halogens is 3. The van der Waals surface area contributed by atoms with Crippen LogP contribution in [0.4, 0.5) is 24.5 Å². The first-order valence-electron chi connectivity index (χ1n) is 14.5. The van der Waals surface area contributed by atoms with Crippen LogP contribution in [0.15, 0.2) is 137 Å². The maximum Gasteiger partial charge on any atom is 0.153 e. The highest BCUT2D eigenvalue weighted by molar-refractivity contribution is 7.78. The van der Waals surface area contributed by atoms with Crippen LogP contribution in [0.5, 0.6) is 0 Å². The van der Waals surface area contributed by atoms with Crippen molar-refractivity contribution < 1.29 is 13.2 Å². The number of thiocarbonyl (C=S) groups is 2. The monoisotopic (exact) mass is 656 g/mol. The van der Waals surface area contributed by atoms with Gasteiger partial charge >= 0.3 is 0 Å². The molecule has 0 aromatic heterocycles. The first kappa shape index (κ1) is 33.1. The minimum Gasteiger partial charge on any atom is -0.206 e. The van der Waals surface area contributed by atoms with Gasteiger partial charge in [0.2, 0.25) is 0 Å². The topological polar surface area (TPSA) is 24.7 Å². The van der Waals surface area contributed by atoms with Crippen molar-refractivity contribution in [3.8, 4) is 44.5 Å². The molecule has 47 heavy (non-hydrogen) atoms. The number of aryl methyl sites for hydroxylation is 2. The van der Waals surface area contributed by atoms with Crippen LogP contribution < -0.4 is 0 Å². The van der Waals surface area contributed by atoms with Crippen LogP contribution in [0.3, 0.4) is 0 Å². The van der Waals surface area contributed by atoms with Crippen molar-refractivity contribution >= 4 is 46.1 Å². The van der Waals surface area contributed by atoms with E-state index >= 15 is 0 Å². The van der Waals surface area contributed by atoms with Crippen LogP contribution in [0, 0.1) is 31.3 Å². The molecule has 7 heteroatoms. The average molecular weight is 657 g/mol. The lowest BCUT2D eigenvalue weighted by molar-refractivity contribution is 0.588. The van der Waals surface area contributed by atoms with Gasteiger partial charge in [-0.3, -0.25) is 0 Å². The van der Waals surface area contributed by atoms with Crippen LogP contribution in [0.1, 0.15) is 11.1 Å². The van der Waals surface area contributed by atoms with Crippen molar-refractivity contribution in [2.45, 2.75) is 13.8 Å². The number of isothiocyanates is 2. The third kappa shape index (κ3) is 8.30. The molecule has 0 aliphatic rings. The summed E-state index contributed by atoms with van der Waals surface area (Å²) in [5.41, 5.74) is 9.23. The summed E-state index contributed by atoms with van der Waals surface area (Å²) in [5, 5.41) is 4.31. The number of hydrogen-bond donors (Lipinski definition) is 0. The van der Waals surface area contributed by atoms with Gasteiger partial charge in [-0.1, -0.05) is 108 Å². The highest BCUT2D eigenvalue weighted by atomic mass is 32.1. The maximum absolute atomic E-state index is 14.5. The molecule has 0 radical (unpaired) electrons. The van der Waals surface area contributed by atoms with Gasteiger partial charge in [-0.25, -0.2) is 13.2 Å². The first-order chi connectivity index (χ1) is 22.7. The summed E-state index contributed by atoms with van der Waals surface area (Å²) in [6, 6.07) is 38.8. The molecule has 0 fully saturated rings. The molecule has 0 atom stereocenters. The number of hydrogen-bond acceptors (Lipinski definition) is 4. The molecular weight excluding hydrogens is 630 g/mol. The summed E-state index contributed by atoms with van der Waals surface area (Å²) in [6.07, 6.45) is 0. The molecule has 6 aromatic carbocycles. The van der Waals surface area contributed by atoms with E-state index in [2.05, 4.69) is 39.6 Å². The van der Waals surface area contributed by atoms with E-state index in [0.717, 1.165) is 44.6 Å². The van der Waals surface area contributed by atoms with Crippen molar-refractivity contribution in [2.75, 3.05) is 0 Å². The Morgan fingerprint density at radius 2 is 0.809 bits per heavy atom. The molecular formula is C40H27F3N2S2. The van der Waals surface area contributed by atoms with E-state index in [1.807, 2.05) is 128 Å². The molecule has 0 amide bonds. The van der Waals surface area contributed by atoms with Crippen LogP contribution >= 0.6 is 24.4 Å². The van der Waals surface area contributed by atoms with Crippen LogP contribution in [0.25, 0.3) is 44.5 Å². The third-order valence-corrected chi connectivity index (χ3v) is 7.67. The number of rotatable bonds is 6. The molecule has 0 bridgehead atoms. The Morgan fingerprint density at radius 3 is 1.30 bits per heavy atom. The van der Waals surface area contributed by atoms with Gasteiger partial charge in [-0.05, 0) is 108 Å². The molecule has 0 heterocycles. The van der Waals surface area contributed by atoms with E-state index in [0.29, 0.717) is 11.1 Å². The van der Waals surface area contributed by atoms with Crippen molar-refractivity contribution in [1.82, 2.24) is 0 Å². The standard InChI is InChI=1S/C20H13F2NS.C20H14FNS/c1-13-2-4-14(5-3-13)15-6-8-16(9-7-15)17-10-18(21)20(23-12-24)19(22)11-17;1-14-2-4-16(5-3-14)19-11-8-17(12-20(19)21)15-6-9-18(10-7-15)22-13-23/h2-11H,1H3;2-12H,1H3. The summed E-state index contributed by atoms with van der Waals surface area (Å²) >= 11 is 8.98. The second-order valence-electron chi connectivity index (χ2n) is 10.7. The fourth-order valence-electron chi connectivity index (χ4n) is 4.93. The average Bonchev–Trinajstić information content (AvgIpc) is 3.08. The van der Waals surface area contributed by atoms with Gasteiger partial charge in [0, 0.05) is 5.56 Å². The molecule has 0 spiro atoms. The summed E-state index contributed by atoms with van der Waals surface area (Å²) in [6.45, 7) is 4.05. The second-order valence-corrected chi connectivity index (χ2v) is 11.1. The van der Waals surface area contributed by atoms with Crippen LogP contribution in [0.2, 0.25) is 0 Å². The Morgan fingerprint density at radius 1 is 0.426 bits per heavy atom. The fraction of sp³-hybridized carbons (Fsp3) is 0.0500. The predicted molar refractivity (Wildman–Crippen MR) is 193 cm³/mol. The van der Waals surface area contributed by atoms with Gasteiger partial charge < -0.3 is 0 Å². The Labute approximate surface area is 282 Å².